The third-order valence-corrected chi connectivity index (χ3v) is 4.94. The summed E-state index contributed by atoms with van der Waals surface area (Å²) < 4.78 is 0. The van der Waals surface area contributed by atoms with Crippen LogP contribution in [-0.4, -0.2) is 12.5 Å². The summed E-state index contributed by atoms with van der Waals surface area (Å²) in [4.78, 5) is 11.9. The van der Waals surface area contributed by atoms with Crippen molar-refractivity contribution >= 4 is 5.91 Å². The van der Waals surface area contributed by atoms with E-state index in [4.69, 9.17) is 0 Å². The molecule has 0 fully saturated rings. The summed E-state index contributed by atoms with van der Waals surface area (Å²) in [6.45, 7) is 2.89. The van der Waals surface area contributed by atoms with E-state index < -0.39 is 0 Å². The first-order valence-electron chi connectivity index (χ1n) is 12.3. The average Bonchev–Trinajstić information content (AvgIpc) is 2.81. The SMILES string of the molecule is CC/C=C\C/C=C\C/C=C\C/C=C\C/C=C\C/C=C\CCC(=O)NCCC1=CCCC=C1.[HH]. The predicted octanol–water partition coefficient (Wildman–Crippen LogP) is 8.49. The first-order chi connectivity index (χ1) is 15.8. The first kappa shape index (κ1) is 27.4. The minimum atomic E-state index is 0. The lowest BCUT2D eigenvalue weighted by Crippen LogP contribution is -2.24. The summed E-state index contributed by atoms with van der Waals surface area (Å²) >= 11 is 0. The molecule has 0 radical (unpaired) electrons. The molecule has 0 aliphatic heterocycles. The van der Waals surface area contributed by atoms with Crippen molar-refractivity contribution < 1.29 is 6.22 Å². The van der Waals surface area contributed by atoms with Gasteiger partial charge in [0.2, 0.25) is 5.91 Å². The zero-order valence-corrected chi connectivity index (χ0v) is 20.1. The molecular formula is C30H45NO. The monoisotopic (exact) mass is 435 g/mol. The van der Waals surface area contributed by atoms with E-state index in [0.29, 0.717) is 6.42 Å². The Morgan fingerprint density at radius 1 is 0.812 bits per heavy atom. The van der Waals surface area contributed by atoms with Gasteiger partial charge in [0, 0.05) is 14.4 Å². The lowest BCUT2D eigenvalue weighted by molar-refractivity contribution is -0.120. The lowest BCUT2D eigenvalue weighted by Gasteiger charge is -2.07. The van der Waals surface area contributed by atoms with Gasteiger partial charge in [-0.25, -0.2) is 0 Å². The van der Waals surface area contributed by atoms with E-state index in [1.165, 1.54) is 5.57 Å². The van der Waals surface area contributed by atoms with Gasteiger partial charge in [-0.05, 0) is 64.2 Å². The quantitative estimate of drug-likeness (QED) is 0.228. The molecule has 32 heavy (non-hydrogen) atoms. The molecule has 0 saturated carbocycles. The van der Waals surface area contributed by atoms with E-state index in [1.54, 1.807) is 0 Å². The Balaban J connectivity index is 0.0000102. The van der Waals surface area contributed by atoms with E-state index in [-0.39, 0.29) is 7.33 Å². The van der Waals surface area contributed by atoms with E-state index in [1.807, 2.05) is 0 Å². The normalized spacial score (nSPS) is 14.8. The van der Waals surface area contributed by atoms with Crippen molar-refractivity contribution in [3.05, 3.63) is 96.7 Å². The number of carbonyl (C=O) groups is 1. The number of hydrogen-bond donors (Lipinski definition) is 1. The van der Waals surface area contributed by atoms with Crippen molar-refractivity contribution in [2.24, 2.45) is 0 Å². The number of carbonyl (C=O) groups excluding carboxylic acids is 1. The van der Waals surface area contributed by atoms with Crippen LogP contribution >= 0.6 is 0 Å². The number of hydrogen-bond acceptors (Lipinski definition) is 1. The minimum absolute atomic E-state index is 0. The van der Waals surface area contributed by atoms with E-state index in [2.05, 4.69) is 103 Å². The number of amides is 1. The molecule has 0 bridgehead atoms. The summed E-state index contributed by atoms with van der Waals surface area (Å²) in [6.07, 6.45) is 43.6. The topological polar surface area (TPSA) is 29.1 Å². The standard InChI is InChI=1S/C30H43NO.H2/c1-2-3-4-5-6-7-8-9-10-11-12-13-14-15-16-17-18-19-23-26-30(32)31-28-27-29-24-21-20-22-25-29;/h3-4,6-7,9-10,12-13,15-16,18-19,21,24-25H,2,5,8,11,14,17,20,22-23,26-28H2,1H3,(H,31,32);1H/b4-3-,7-6-,10-9-,13-12-,16-15-,19-18-;. The summed E-state index contributed by atoms with van der Waals surface area (Å²) in [5, 5.41) is 3.01. The Bertz CT molecular complexity index is 720. The van der Waals surface area contributed by atoms with Crippen molar-refractivity contribution in [1.29, 1.82) is 0 Å². The van der Waals surface area contributed by atoms with Crippen LogP contribution in [0, 0.1) is 0 Å². The van der Waals surface area contributed by atoms with Crippen LogP contribution in [0.2, 0.25) is 0 Å². The highest BCUT2D eigenvalue weighted by Gasteiger charge is 2.01. The van der Waals surface area contributed by atoms with Crippen molar-refractivity contribution in [3.8, 4) is 0 Å². The van der Waals surface area contributed by atoms with Crippen LogP contribution in [0.5, 0.6) is 0 Å². The summed E-state index contributed by atoms with van der Waals surface area (Å²) in [5.74, 6) is 0.143. The Morgan fingerprint density at radius 2 is 1.34 bits per heavy atom. The van der Waals surface area contributed by atoms with Gasteiger partial charge >= 0.3 is 0 Å². The van der Waals surface area contributed by atoms with Crippen molar-refractivity contribution in [1.82, 2.24) is 5.32 Å². The third-order valence-electron chi connectivity index (χ3n) is 4.94. The molecule has 1 aliphatic carbocycles. The third kappa shape index (κ3) is 18.2. The molecule has 2 heteroatoms. The number of allylic oxidation sites excluding steroid dienone is 15. The van der Waals surface area contributed by atoms with Gasteiger partial charge in [-0.3, -0.25) is 4.79 Å². The lowest BCUT2D eigenvalue weighted by atomic mass is 10.0. The Morgan fingerprint density at radius 3 is 1.84 bits per heavy atom. The molecule has 176 valence electrons. The fourth-order valence-corrected chi connectivity index (χ4v) is 3.14. The summed E-state index contributed by atoms with van der Waals surface area (Å²) in [7, 11) is 0. The molecule has 1 rings (SSSR count). The molecule has 0 spiro atoms. The van der Waals surface area contributed by atoms with E-state index in [0.717, 1.165) is 70.8 Å². The van der Waals surface area contributed by atoms with Crippen LogP contribution in [0.4, 0.5) is 0 Å². The van der Waals surface area contributed by atoms with Gasteiger partial charge in [0.15, 0.2) is 0 Å². The Hall–Kier alpha value is -2.61. The van der Waals surface area contributed by atoms with E-state index >= 15 is 0 Å². The van der Waals surface area contributed by atoms with Gasteiger partial charge in [0.05, 0.1) is 0 Å². The second-order valence-corrected chi connectivity index (χ2v) is 7.81. The minimum Gasteiger partial charge on any atom is -0.356 e. The fraction of sp³-hybridized carbons (Fsp3) is 0.433. The molecule has 1 amide bonds. The maximum atomic E-state index is 11.9. The second-order valence-electron chi connectivity index (χ2n) is 7.81. The number of rotatable bonds is 17. The van der Waals surface area contributed by atoms with Crippen LogP contribution in [-0.2, 0) is 4.79 Å². The second kappa shape index (κ2) is 21.6. The highest BCUT2D eigenvalue weighted by Crippen LogP contribution is 2.12. The zero-order chi connectivity index (χ0) is 23.0. The Labute approximate surface area is 198 Å². The van der Waals surface area contributed by atoms with Gasteiger partial charge in [0.25, 0.3) is 0 Å². The maximum Gasteiger partial charge on any atom is 0.220 e. The smallest absolute Gasteiger partial charge is 0.220 e. The highest BCUT2D eigenvalue weighted by molar-refractivity contribution is 5.75. The van der Waals surface area contributed by atoms with Crippen LogP contribution < -0.4 is 5.32 Å². The Kier molecular flexibility index (Phi) is 18.5. The zero-order valence-electron chi connectivity index (χ0n) is 20.1. The molecule has 0 aromatic heterocycles. The predicted molar refractivity (Wildman–Crippen MR) is 144 cm³/mol. The largest absolute Gasteiger partial charge is 0.356 e. The molecule has 1 N–H and O–H groups in total. The number of nitrogens with one attached hydrogen (secondary N) is 1. The van der Waals surface area contributed by atoms with Gasteiger partial charge < -0.3 is 5.32 Å². The van der Waals surface area contributed by atoms with E-state index in [9.17, 15) is 4.79 Å². The molecule has 0 aromatic rings. The molecule has 2 nitrogen and oxygen atoms in total. The molecular weight excluding hydrogens is 390 g/mol. The summed E-state index contributed by atoms with van der Waals surface area (Å²) in [6, 6.07) is 0. The van der Waals surface area contributed by atoms with Crippen LogP contribution in [0.15, 0.2) is 96.7 Å². The maximum absolute atomic E-state index is 11.9. The van der Waals surface area contributed by atoms with Crippen molar-refractivity contribution in [2.45, 2.75) is 77.6 Å². The van der Waals surface area contributed by atoms with Crippen LogP contribution in [0.25, 0.3) is 0 Å². The molecule has 0 aromatic carbocycles. The molecule has 0 saturated heterocycles. The van der Waals surface area contributed by atoms with Crippen molar-refractivity contribution in [2.75, 3.05) is 6.54 Å². The first-order valence-corrected chi connectivity index (χ1v) is 12.3. The van der Waals surface area contributed by atoms with Gasteiger partial charge in [0.1, 0.15) is 0 Å². The van der Waals surface area contributed by atoms with Crippen LogP contribution in [0.3, 0.4) is 0 Å². The average molecular weight is 436 g/mol. The highest BCUT2D eigenvalue weighted by atomic mass is 16.1. The molecule has 0 atom stereocenters. The van der Waals surface area contributed by atoms with Crippen LogP contribution in [0.1, 0.15) is 79.0 Å². The van der Waals surface area contributed by atoms with Gasteiger partial charge in [-0.15, -0.1) is 0 Å². The molecule has 0 unspecified atom stereocenters. The van der Waals surface area contributed by atoms with Crippen molar-refractivity contribution in [3.63, 3.8) is 0 Å². The van der Waals surface area contributed by atoms with Gasteiger partial charge in [-0.1, -0.05) is 104 Å². The molecule has 1 aliphatic rings. The van der Waals surface area contributed by atoms with Gasteiger partial charge in [-0.2, -0.15) is 0 Å². The molecule has 0 heterocycles. The summed E-state index contributed by atoms with van der Waals surface area (Å²) in [5.41, 5.74) is 1.34. The fourth-order valence-electron chi connectivity index (χ4n) is 3.14.